The van der Waals surface area contributed by atoms with Crippen molar-refractivity contribution in [3.8, 4) is 0 Å². The van der Waals surface area contributed by atoms with Gasteiger partial charge in [-0.3, -0.25) is 9.63 Å². The van der Waals surface area contributed by atoms with E-state index in [4.69, 9.17) is 4.84 Å². The molecule has 2 saturated heterocycles. The summed E-state index contributed by atoms with van der Waals surface area (Å²) in [5.74, 6) is -1.42. The fourth-order valence-electron chi connectivity index (χ4n) is 3.01. The molecular weight excluding hydrogens is 314 g/mol. The largest absolute Gasteiger partial charge is 0.317 e. The number of nitrogens with one attached hydrogen (secondary N) is 1. The molecule has 0 bridgehead atoms. The van der Waals surface area contributed by atoms with E-state index in [2.05, 4.69) is 5.32 Å². The number of hydrogen-bond donors (Lipinski definition) is 1. The molecule has 0 aromatic heterocycles. The highest BCUT2D eigenvalue weighted by Gasteiger charge is 2.36. The Hall–Kier alpha value is -1.24. The van der Waals surface area contributed by atoms with E-state index in [-0.39, 0.29) is 24.2 Å². The minimum atomic E-state index is -0.633. The standard InChI is InChI=1S/C15H18F2N2O2.ClH/c16-12-7-11(8-13(17)9-12)14-3-6-21-19(14)15(20)10-1-4-18-5-2-10;/h7-10,14,18H,1-6H2;1H/t14-;/m0./s1. The maximum absolute atomic E-state index is 13.4. The molecule has 22 heavy (non-hydrogen) atoms. The molecule has 0 spiro atoms. The smallest absolute Gasteiger partial charge is 0.249 e. The van der Waals surface area contributed by atoms with Crippen LogP contribution in [0.25, 0.3) is 0 Å². The molecule has 3 rings (SSSR count). The van der Waals surface area contributed by atoms with Crippen molar-refractivity contribution >= 4 is 18.3 Å². The Morgan fingerprint density at radius 1 is 1.14 bits per heavy atom. The van der Waals surface area contributed by atoms with Crippen molar-refractivity contribution in [1.82, 2.24) is 10.4 Å². The second kappa shape index (κ2) is 7.35. The average molecular weight is 333 g/mol. The van der Waals surface area contributed by atoms with E-state index in [9.17, 15) is 13.6 Å². The zero-order valence-corrected chi connectivity index (χ0v) is 12.9. The first-order valence-electron chi connectivity index (χ1n) is 7.28. The predicted molar refractivity (Wildman–Crippen MR) is 79.4 cm³/mol. The third kappa shape index (κ3) is 3.56. The van der Waals surface area contributed by atoms with Crippen LogP contribution < -0.4 is 5.32 Å². The van der Waals surface area contributed by atoms with Gasteiger partial charge in [0.15, 0.2) is 0 Å². The molecule has 1 amide bonds. The number of nitrogens with zero attached hydrogens (tertiary/aromatic N) is 1. The lowest BCUT2D eigenvalue weighted by Crippen LogP contribution is -2.40. The van der Waals surface area contributed by atoms with Crippen molar-refractivity contribution in [2.45, 2.75) is 25.3 Å². The Morgan fingerprint density at radius 3 is 2.41 bits per heavy atom. The summed E-state index contributed by atoms with van der Waals surface area (Å²) in [6, 6.07) is 2.96. The first kappa shape index (κ1) is 17.1. The van der Waals surface area contributed by atoms with Crippen molar-refractivity contribution in [2.24, 2.45) is 5.92 Å². The van der Waals surface area contributed by atoms with E-state index in [1.54, 1.807) is 0 Å². The van der Waals surface area contributed by atoms with E-state index in [0.717, 1.165) is 32.0 Å². The highest BCUT2D eigenvalue weighted by atomic mass is 35.5. The van der Waals surface area contributed by atoms with Gasteiger partial charge in [0.05, 0.1) is 12.6 Å². The van der Waals surface area contributed by atoms with Crippen LogP contribution in [0.2, 0.25) is 0 Å². The van der Waals surface area contributed by atoms with Gasteiger partial charge in [-0.1, -0.05) is 0 Å². The van der Waals surface area contributed by atoms with Crippen LogP contribution >= 0.6 is 12.4 Å². The molecule has 0 unspecified atom stereocenters. The third-order valence-electron chi connectivity index (χ3n) is 4.08. The molecule has 1 aromatic rings. The number of hydroxylamine groups is 2. The highest BCUT2D eigenvalue weighted by molar-refractivity contribution is 5.85. The summed E-state index contributed by atoms with van der Waals surface area (Å²) < 4.78 is 26.7. The molecular formula is C15H19ClF2N2O2. The molecule has 7 heteroatoms. The van der Waals surface area contributed by atoms with Gasteiger partial charge in [-0.2, -0.15) is 0 Å². The summed E-state index contributed by atoms with van der Waals surface area (Å²) in [4.78, 5) is 18.0. The van der Waals surface area contributed by atoms with Crippen LogP contribution in [0, 0.1) is 17.6 Å². The molecule has 1 aromatic carbocycles. The average Bonchev–Trinajstić information content (AvgIpc) is 2.96. The second-order valence-electron chi connectivity index (χ2n) is 5.53. The van der Waals surface area contributed by atoms with Crippen LogP contribution in [0.1, 0.15) is 30.9 Å². The summed E-state index contributed by atoms with van der Waals surface area (Å²) in [5.41, 5.74) is 0.451. The van der Waals surface area contributed by atoms with Crippen LogP contribution in [0.3, 0.4) is 0 Å². The Bertz CT molecular complexity index is 518. The maximum atomic E-state index is 13.4. The topological polar surface area (TPSA) is 41.6 Å². The summed E-state index contributed by atoms with van der Waals surface area (Å²) in [6.07, 6.45) is 2.09. The zero-order valence-electron chi connectivity index (χ0n) is 12.1. The Labute approximate surface area is 134 Å². The van der Waals surface area contributed by atoms with Crippen LogP contribution in [0.4, 0.5) is 8.78 Å². The molecule has 2 fully saturated rings. The predicted octanol–water partition coefficient (Wildman–Crippen LogP) is 2.59. The normalized spacial score (nSPS) is 22.5. The van der Waals surface area contributed by atoms with Crippen molar-refractivity contribution in [3.63, 3.8) is 0 Å². The second-order valence-corrected chi connectivity index (χ2v) is 5.53. The van der Waals surface area contributed by atoms with Gasteiger partial charge in [0.1, 0.15) is 11.6 Å². The van der Waals surface area contributed by atoms with Crippen molar-refractivity contribution in [3.05, 3.63) is 35.4 Å². The van der Waals surface area contributed by atoms with E-state index in [1.807, 2.05) is 0 Å². The molecule has 2 heterocycles. The Kier molecular flexibility index (Phi) is 5.72. The number of rotatable bonds is 2. The van der Waals surface area contributed by atoms with E-state index >= 15 is 0 Å². The lowest BCUT2D eigenvalue weighted by Gasteiger charge is -2.29. The first-order valence-corrected chi connectivity index (χ1v) is 7.28. The van der Waals surface area contributed by atoms with Crippen molar-refractivity contribution in [1.29, 1.82) is 0 Å². The molecule has 1 N–H and O–H groups in total. The monoisotopic (exact) mass is 332 g/mol. The zero-order chi connectivity index (χ0) is 14.8. The number of carbonyl (C=O) groups excluding carboxylic acids is 1. The number of halogens is 3. The molecule has 2 aliphatic heterocycles. The van der Waals surface area contributed by atoms with Crippen LogP contribution in [0.15, 0.2) is 18.2 Å². The van der Waals surface area contributed by atoms with E-state index in [1.165, 1.54) is 17.2 Å². The molecule has 122 valence electrons. The molecule has 0 radical (unpaired) electrons. The molecule has 1 atom stereocenters. The van der Waals surface area contributed by atoms with Gasteiger partial charge in [0, 0.05) is 18.4 Å². The quantitative estimate of drug-likeness (QED) is 0.905. The number of piperidine rings is 1. The summed E-state index contributed by atoms with van der Waals surface area (Å²) in [6.45, 7) is 2.01. The minimum Gasteiger partial charge on any atom is -0.317 e. The van der Waals surface area contributed by atoms with Gasteiger partial charge in [0.2, 0.25) is 5.91 Å². The SMILES string of the molecule is Cl.O=C(C1CCNCC1)N1OCC[C@H]1c1cc(F)cc(F)c1. The van der Waals surface area contributed by atoms with Gasteiger partial charge in [-0.05, 0) is 43.6 Å². The molecule has 4 nitrogen and oxygen atoms in total. The van der Waals surface area contributed by atoms with E-state index < -0.39 is 17.7 Å². The fourth-order valence-corrected chi connectivity index (χ4v) is 3.01. The third-order valence-corrected chi connectivity index (χ3v) is 4.08. The Balaban J connectivity index is 0.00000176. The van der Waals surface area contributed by atoms with Gasteiger partial charge in [-0.15, -0.1) is 12.4 Å². The minimum absolute atomic E-state index is 0. The molecule has 0 aliphatic carbocycles. The molecule has 2 aliphatic rings. The van der Waals surface area contributed by atoms with Gasteiger partial charge in [0.25, 0.3) is 0 Å². The molecule has 0 saturated carbocycles. The van der Waals surface area contributed by atoms with Gasteiger partial charge < -0.3 is 5.32 Å². The van der Waals surface area contributed by atoms with Crippen LogP contribution in [-0.4, -0.2) is 30.7 Å². The summed E-state index contributed by atoms with van der Waals surface area (Å²) in [5, 5.41) is 4.53. The fraction of sp³-hybridized carbons (Fsp3) is 0.533. The maximum Gasteiger partial charge on any atom is 0.249 e. The van der Waals surface area contributed by atoms with Gasteiger partial charge >= 0.3 is 0 Å². The van der Waals surface area contributed by atoms with Crippen LogP contribution in [0.5, 0.6) is 0 Å². The lowest BCUT2D eigenvalue weighted by atomic mass is 9.95. The van der Waals surface area contributed by atoms with Gasteiger partial charge in [-0.25, -0.2) is 13.8 Å². The van der Waals surface area contributed by atoms with Crippen molar-refractivity contribution < 1.29 is 18.4 Å². The Morgan fingerprint density at radius 2 is 1.77 bits per heavy atom. The summed E-state index contributed by atoms with van der Waals surface area (Å²) >= 11 is 0. The number of amides is 1. The van der Waals surface area contributed by atoms with E-state index in [0.29, 0.717) is 18.6 Å². The number of carbonyl (C=O) groups is 1. The highest BCUT2D eigenvalue weighted by Crippen LogP contribution is 2.33. The number of benzene rings is 1. The summed E-state index contributed by atoms with van der Waals surface area (Å²) in [7, 11) is 0. The lowest BCUT2D eigenvalue weighted by molar-refractivity contribution is -0.182. The first-order chi connectivity index (χ1) is 10.1. The van der Waals surface area contributed by atoms with Crippen LogP contribution in [-0.2, 0) is 9.63 Å². The van der Waals surface area contributed by atoms with Crippen molar-refractivity contribution in [2.75, 3.05) is 19.7 Å². The number of hydrogen-bond acceptors (Lipinski definition) is 3.